The van der Waals surface area contributed by atoms with Crippen molar-refractivity contribution in [3.8, 4) is 0 Å². The van der Waals surface area contributed by atoms with E-state index in [0.29, 0.717) is 17.2 Å². The average molecular weight is 370 g/mol. The fraction of sp³-hybridized carbons (Fsp3) is 0.286. The second-order valence-electron chi connectivity index (χ2n) is 6.43. The molecule has 0 spiro atoms. The maximum Gasteiger partial charge on any atom is 0.255 e. The molecule has 1 atom stereocenters. The second kappa shape index (κ2) is 8.90. The highest BCUT2D eigenvalue weighted by Gasteiger charge is 2.16. The maximum absolute atomic E-state index is 12.9. The van der Waals surface area contributed by atoms with Crippen LogP contribution in [0.4, 0.5) is 4.39 Å². The molecule has 0 fully saturated rings. The highest BCUT2D eigenvalue weighted by atomic mass is 32.2. The Hall–Kier alpha value is -2.27. The van der Waals surface area contributed by atoms with Gasteiger partial charge in [-0.25, -0.2) is 4.39 Å². The van der Waals surface area contributed by atoms with Crippen molar-refractivity contribution in [2.45, 2.75) is 30.6 Å². The van der Waals surface area contributed by atoms with E-state index in [4.69, 9.17) is 5.73 Å². The van der Waals surface area contributed by atoms with E-state index in [-0.39, 0.29) is 11.7 Å². The van der Waals surface area contributed by atoms with E-state index in [0.717, 1.165) is 42.0 Å². The fourth-order valence-corrected chi connectivity index (χ4v) is 3.92. The van der Waals surface area contributed by atoms with Crippen molar-refractivity contribution in [2.24, 2.45) is 11.7 Å². The zero-order chi connectivity index (χ0) is 18.4. The maximum atomic E-state index is 12.9. The minimum atomic E-state index is -0.206. The Kier molecular flexibility index (Phi) is 6.34. The number of carbonyl (C=O) groups excluding carboxylic acids is 1. The summed E-state index contributed by atoms with van der Waals surface area (Å²) in [5.74, 6) is 1.10. The van der Waals surface area contributed by atoms with Crippen LogP contribution in [0.25, 0.3) is 0 Å². The third-order valence-electron chi connectivity index (χ3n) is 4.49. The third-order valence-corrected chi connectivity index (χ3v) is 5.54. The number of nitrogens with two attached hydrogens (primary N) is 1. The van der Waals surface area contributed by atoms with Gasteiger partial charge in [0.2, 0.25) is 0 Å². The number of rotatable bonds is 6. The summed E-state index contributed by atoms with van der Waals surface area (Å²) in [6.45, 7) is 0. The molecule has 2 aliphatic rings. The van der Waals surface area contributed by atoms with Crippen LogP contribution >= 0.6 is 11.8 Å². The molecule has 0 saturated heterocycles. The van der Waals surface area contributed by atoms with Crippen LogP contribution in [0.2, 0.25) is 0 Å². The van der Waals surface area contributed by atoms with Crippen molar-refractivity contribution in [2.75, 3.05) is 5.75 Å². The Labute approximate surface area is 157 Å². The van der Waals surface area contributed by atoms with E-state index in [9.17, 15) is 9.18 Å². The summed E-state index contributed by atoms with van der Waals surface area (Å²) >= 11 is 1.73. The average Bonchev–Trinajstić information content (AvgIpc) is 2.66. The molecule has 26 heavy (non-hydrogen) atoms. The molecule has 0 bridgehead atoms. The van der Waals surface area contributed by atoms with Crippen molar-refractivity contribution in [3.05, 3.63) is 77.4 Å². The van der Waals surface area contributed by atoms with Crippen LogP contribution in [0, 0.1) is 11.7 Å². The number of hydrogen-bond donors (Lipinski definition) is 2. The molecule has 0 radical (unpaired) electrons. The summed E-state index contributed by atoms with van der Waals surface area (Å²) in [4.78, 5) is 13.4. The Morgan fingerprint density at radius 1 is 1.27 bits per heavy atom. The lowest BCUT2D eigenvalue weighted by molar-refractivity contribution is -0.116. The number of thioether (sulfide) groups is 1. The summed E-state index contributed by atoms with van der Waals surface area (Å²) < 4.78 is 12.9. The van der Waals surface area contributed by atoms with Gasteiger partial charge in [-0.3, -0.25) is 4.79 Å². The molecule has 0 saturated carbocycles. The molecule has 3 N–H and O–H groups in total. The molecule has 0 aliphatic heterocycles. The normalized spacial score (nSPS) is 19.4. The van der Waals surface area contributed by atoms with Gasteiger partial charge in [0, 0.05) is 16.2 Å². The summed E-state index contributed by atoms with van der Waals surface area (Å²) in [6, 6.07) is 6.58. The van der Waals surface area contributed by atoms with Crippen LogP contribution in [0.15, 0.2) is 76.5 Å². The lowest BCUT2D eigenvalue weighted by Gasteiger charge is -2.18. The van der Waals surface area contributed by atoms with Gasteiger partial charge in [0.15, 0.2) is 0 Å². The molecular weight excluding hydrogens is 347 g/mol. The molecule has 0 aromatic heterocycles. The number of halogens is 1. The quantitative estimate of drug-likeness (QED) is 0.728. The van der Waals surface area contributed by atoms with Gasteiger partial charge in [-0.1, -0.05) is 24.3 Å². The largest absolute Gasteiger partial charge is 0.397 e. The summed E-state index contributed by atoms with van der Waals surface area (Å²) in [6.07, 6.45) is 13.4. The molecular formula is C21H23FN2OS. The van der Waals surface area contributed by atoms with E-state index in [2.05, 4.69) is 11.4 Å². The van der Waals surface area contributed by atoms with Crippen LogP contribution in [0.3, 0.4) is 0 Å². The first-order valence-electron chi connectivity index (χ1n) is 8.85. The van der Waals surface area contributed by atoms with Crippen molar-refractivity contribution in [3.63, 3.8) is 0 Å². The van der Waals surface area contributed by atoms with Gasteiger partial charge < -0.3 is 11.1 Å². The van der Waals surface area contributed by atoms with Crippen molar-refractivity contribution >= 4 is 17.7 Å². The van der Waals surface area contributed by atoms with Crippen LogP contribution in [-0.2, 0) is 4.79 Å². The Morgan fingerprint density at radius 3 is 2.77 bits per heavy atom. The van der Waals surface area contributed by atoms with Crippen LogP contribution in [0.1, 0.15) is 25.7 Å². The smallest absolute Gasteiger partial charge is 0.255 e. The highest BCUT2D eigenvalue weighted by molar-refractivity contribution is 7.99. The molecule has 5 heteroatoms. The topological polar surface area (TPSA) is 55.1 Å². The van der Waals surface area contributed by atoms with Crippen LogP contribution < -0.4 is 11.1 Å². The third kappa shape index (κ3) is 5.11. The first kappa shape index (κ1) is 18.5. The summed E-state index contributed by atoms with van der Waals surface area (Å²) in [5.41, 5.74) is 8.05. The number of carbonyl (C=O) groups is 1. The minimum absolute atomic E-state index is 0.0892. The minimum Gasteiger partial charge on any atom is -0.397 e. The van der Waals surface area contributed by atoms with Crippen molar-refractivity contribution in [1.82, 2.24) is 5.32 Å². The molecule has 1 aromatic rings. The van der Waals surface area contributed by atoms with Crippen molar-refractivity contribution < 1.29 is 9.18 Å². The molecule has 1 amide bonds. The Bertz CT molecular complexity index is 778. The first-order valence-corrected chi connectivity index (χ1v) is 9.83. The van der Waals surface area contributed by atoms with E-state index in [1.54, 1.807) is 23.9 Å². The van der Waals surface area contributed by atoms with E-state index in [1.807, 2.05) is 24.3 Å². The molecule has 0 heterocycles. The monoisotopic (exact) mass is 370 g/mol. The lowest BCUT2D eigenvalue weighted by Crippen LogP contribution is -2.27. The van der Waals surface area contributed by atoms with E-state index in [1.165, 1.54) is 12.1 Å². The predicted molar refractivity (Wildman–Crippen MR) is 105 cm³/mol. The highest BCUT2D eigenvalue weighted by Crippen LogP contribution is 2.25. The standard InChI is InChI=1S/C21H23FN2OS/c22-17-9-11-18(12-10-17)26-14-13-15-5-7-16(8-6-15)21(25)24-20-4-2-1-3-19(20)23/h1,3,5,7-12,15H,2,4,6,13-14,23H2,(H,24,25). The van der Waals surface area contributed by atoms with Crippen molar-refractivity contribution in [1.29, 1.82) is 0 Å². The van der Waals surface area contributed by atoms with E-state index >= 15 is 0 Å². The summed E-state index contributed by atoms with van der Waals surface area (Å²) in [5, 5.41) is 2.93. The second-order valence-corrected chi connectivity index (χ2v) is 7.60. The van der Waals surface area contributed by atoms with E-state index < -0.39 is 0 Å². The number of amides is 1. The fourth-order valence-electron chi connectivity index (χ4n) is 2.93. The summed E-state index contributed by atoms with van der Waals surface area (Å²) in [7, 11) is 0. The first-order chi connectivity index (χ1) is 12.6. The number of nitrogens with one attached hydrogen (secondary N) is 1. The predicted octanol–water partition coefficient (Wildman–Crippen LogP) is 4.45. The van der Waals surface area contributed by atoms with Gasteiger partial charge in [-0.15, -0.1) is 11.8 Å². The molecule has 2 aliphatic carbocycles. The van der Waals surface area contributed by atoms with Crippen LogP contribution in [-0.4, -0.2) is 11.7 Å². The zero-order valence-corrected chi connectivity index (χ0v) is 15.4. The van der Waals surface area contributed by atoms with Gasteiger partial charge in [0.25, 0.3) is 5.91 Å². The number of hydrogen-bond acceptors (Lipinski definition) is 3. The van der Waals surface area contributed by atoms with Gasteiger partial charge in [-0.2, -0.15) is 0 Å². The number of allylic oxidation sites excluding steroid dienone is 5. The number of benzene rings is 1. The SMILES string of the molecule is NC1=C(NC(=O)C2=CCC(CCSc3ccc(F)cc3)C=C2)CCC=C1. The van der Waals surface area contributed by atoms with Gasteiger partial charge in [0.05, 0.1) is 5.70 Å². The lowest BCUT2D eigenvalue weighted by atomic mass is 9.94. The molecule has 136 valence electrons. The van der Waals surface area contributed by atoms with Crippen LogP contribution in [0.5, 0.6) is 0 Å². The molecule has 1 unspecified atom stereocenters. The zero-order valence-electron chi connectivity index (χ0n) is 14.6. The molecule has 3 nitrogen and oxygen atoms in total. The van der Waals surface area contributed by atoms with Gasteiger partial charge in [0.1, 0.15) is 5.82 Å². The van der Waals surface area contributed by atoms with Gasteiger partial charge in [-0.05, 0) is 67.7 Å². The molecule has 1 aromatic carbocycles. The Morgan fingerprint density at radius 2 is 2.08 bits per heavy atom. The van der Waals surface area contributed by atoms with Gasteiger partial charge >= 0.3 is 0 Å². The Balaban J connectivity index is 1.44. The molecule has 3 rings (SSSR count).